The average molecular weight is 394 g/mol. The molecule has 0 atom stereocenters. The maximum Gasteiger partial charge on any atom is 0.243 e. The lowest BCUT2D eigenvalue weighted by atomic mass is 10.1. The number of nitrogens with zero attached hydrogens (tertiary/aromatic N) is 1. The summed E-state index contributed by atoms with van der Waals surface area (Å²) in [5.74, 6) is -1.89. The lowest BCUT2D eigenvalue weighted by Crippen LogP contribution is -2.29. The number of sulfonamides is 1. The minimum absolute atomic E-state index is 0.188. The summed E-state index contributed by atoms with van der Waals surface area (Å²) >= 11 is 0. The molecule has 2 aromatic carbocycles. The molecule has 4 nitrogen and oxygen atoms in total. The minimum Gasteiger partial charge on any atom is -0.372 e. The Morgan fingerprint density at radius 3 is 2.33 bits per heavy atom. The summed E-state index contributed by atoms with van der Waals surface area (Å²) in [7, 11) is -3.98. The molecule has 146 valence electrons. The third-order valence-electron chi connectivity index (χ3n) is 4.78. The number of aryl methyl sites for hydroxylation is 1. The molecule has 1 N–H and O–H groups in total. The van der Waals surface area contributed by atoms with Gasteiger partial charge in [-0.1, -0.05) is 12.1 Å². The summed E-state index contributed by atoms with van der Waals surface area (Å²) in [6.45, 7) is 2.38. The molecule has 1 saturated heterocycles. The smallest absolute Gasteiger partial charge is 0.243 e. The number of hydrogen-bond acceptors (Lipinski definition) is 3. The first-order valence-corrected chi connectivity index (χ1v) is 10.7. The van der Waals surface area contributed by atoms with E-state index in [0.717, 1.165) is 30.8 Å². The zero-order valence-electron chi connectivity index (χ0n) is 15.1. The summed E-state index contributed by atoms with van der Waals surface area (Å²) in [5.41, 5.74) is 2.36. The molecule has 0 radical (unpaired) electrons. The first-order chi connectivity index (χ1) is 13.0. The molecular weight excluding hydrogens is 370 g/mol. The number of piperidine rings is 1. The molecule has 1 heterocycles. The number of nitrogens with one attached hydrogen (secondary N) is 1. The quantitative estimate of drug-likeness (QED) is 0.726. The molecule has 0 saturated carbocycles. The Morgan fingerprint density at radius 2 is 1.67 bits per heavy atom. The number of hydrogen-bond donors (Lipinski definition) is 1. The van der Waals surface area contributed by atoms with E-state index in [9.17, 15) is 17.2 Å². The van der Waals surface area contributed by atoms with Crippen LogP contribution in [0.2, 0.25) is 0 Å². The molecule has 0 spiro atoms. The summed E-state index contributed by atoms with van der Waals surface area (Å²) in [4.78, 5) is 1.85. The molecule has 0 bridgehead atoms. The molecule has 3 rings (SSSR count). The maximum absolute atomic E-state index is 13.6. The number of benzene rings is 2. The van der Waals surface area contributed by atoms with Gasteiger partial charge in [-0.2, -0.15) is 0 Å². The van der Waals surface area contributed by atoms with Crippen molar-refractivity contribution in [2.45, 2.75) is 37.0 Å². The van der Waals surface area contributed by atoms with E-state index in [4.69, 9.17) is 0 Å². The van der Waals surface area contributed by atoms with Crippen LogP contribution in [0.25, 0.3) is 0 Å². The van der Waals surface area contributed by atoms with Gasteiger partial charge >= 0.3 is 0 Å². The largest absolute Gasteiger partial charge is 0.372 e. The van der Waals surface area contributed by atoms with Crippen molar-refractivity contribution in [1.82, 2.24) is 4.72 Å². The standard InChI is InChI=1S/C20H24F2N2O2S/c21-17-8-11-20(19(22)15-17)27(25,26)23-12-4-5-16-6-9-18(10-7-16)24-13-2-1-3-14-24/h6-11,15,23H,1-5,12-14H2. The average Bonchev–Trinajstić information content (AvgIpc) is 2.66. The van der Waals surface area contributed by atoms with Crippen LogP contribution in [-0.2, 0) is 16.4 Å². The van der Waals surface area contributed by atoms with E-state index < -0.39 is 26.6 Å². The lowest BCUT2D eigenvalue weighted by Gasteiger charge is -2.28. The van der Waals surface area contributed by atoms with Crippen molar-refractivity contribution < 1.29 is 17.2 Å². The normalized spacial score (nSPS) is 15.1. The number of halogens is 2. The summed E-state index contributed by atoms with van der Waals surface area (Å²) in [6.07, 6.45) is 5.07. The van der Waals surface area contributed by atoms with Crippen LogP contribution >= 0.6 is 0 Å². The predicted molar refractivity (Wildman–Crippen MR) is 102 cm³/mol. The van der Waals surface area contributed by atoms with Gasteiger partial charge in [0.2, 0.25) is 10.0 Å². The Kier molecular flexibility index (Phi) is 6.44. The van der Waals surface area contributed by atoms with Crippen LogP contribution in [-0.4, -0.2) is 28.1 Å². The van der Waals surface area contributed by atoms with Crippen LogP contribution < -0.4 is 9.62 Å². The van der Waals surface area contributed by atoms with Crippen LogP contribution in [0.5, 0.6) is 0 Å². The lowest BCUT2D eigenvalue weighted by molar-refractivity contribution is 0.542. The van der Waals surface area contributed by atoms with Gasteiger partial charge in [-0.05, 0) is 61.9 Å². The van der Waals surface area contributed by atoms with Gasteiger partial charge in [-0.3, -0.25) is 0 Å². The Labute approximate surface area is 159 Å². The molecule has 1 aliphatic heterocycles. The predicted octanol–water partition coefficient (Wildman–Crippen LogP) is 3.87. The van der Waals surface area contributed by atoms with Crippen LogP contribution in [0, 0.1) is 11.6 Å². The van der Waals surface area contributed by atoms with E-state index in [1.165, 1.54) is 24.9 Å². The maximum atomic E-state index is 13.6. The zero-order chi connectivity index (χ0) is 19.3. The fourth-order valence-corrected chi connectivity index (χ4v) is 4.43. The molecule has 1 aliphatic rings. The van der Waals surface area contributed by atoms with Gasteiger partial charge in [-0.25, -0.2) is 21.9 Å². The molecule has 0 aromatic heterocycles. The molecule has 0 unspecified atom stereocenters. The fraction of sp³-hybridized carbons (Fsp3) is 0.400. The summed E-state index contributed by atoms with van der Waals surface area (Å²) in [5, 5.41) is 0. The van der Waals surface area contributed by atoms with Crippen molar-refractivity contribution in [3.8, 4) is 0 Å². The van der Waals surface area contributed by atoms with Gasteiger partial charge in [0, 0.05) is 31.4 Å². The first kappa shape index (κ1) is 19.8. The molecular formula is C20H24F2N2O2S. The van der Waals surface area contributed by atoms with Gasteiger partial charge in [-0.15, -0.1) is 0 Å². The van der Waals surface area contributed by atoms with E-state index in [1.54, 1.807) is 0 Å². The topological polar surface area (TPSA) is 49.4 Å². The van der Waals surface area contributed by atoms with Gasteiger partial charge in [0.15, 0.2) is 0 Å². The van der Waals surface area contributed by atoms with Crippen molar-refractivity contribution in [3.05, 3.63) is 59.7 Å². The highest BCUT2D eigenvalue weighted by Crippen LogP contribution is 2.20. The van der Waals surface area contributed by atoms with Crippen molar-refractivity contribution in [2.75, 3.05) is 24.5 Å². The highest BCUT2D eigenvalue weighted by Gasteiger charge is 2.18. The van der Waals surface area contributed by atoms with E-state index in [1.807, 2.05) is 0 Å². The van der Waals surface area contributed by atoms with Crippen molar-refractivity contribution in [3.63, 3.8) is 0 Å². The van der Waals surface area contributed by atoms with Crippen molar-refractivity contribution in [1.29, 1.82) is 0 Å². The second-order valence-corrected chi connectivity index (χ2v) is 8.53. The third-order valence-corrected chi connectivity index (χ3v) is 6.27. The van der Waals surface area contributed by atoms with E-state index in [2.05, 4.69) is 33.9 Å². The third kappa shape index (κ3) is 5.26. The molecule has 7 heteroatoms. The highest BCUT2D eigenvalue weighted by molar-refractivity contribution is 7.89. The van der Waals surface area contributed by atoms with Crippen LogP contribution in [0.15, 0.2) is 47.4 Å². The minimum atomic E-state index is -3.98. The van der Waals surface area contributed by atoms with Gasteiger partial charge in [0.1, 0.15) is 16.5 Å². The first-order valence-electron chi connectivity index (χ1n) is 9.24. The van der Waals surface area contributed by atoms with Crippen molar-refractivity contribution >= 4 is 15.7 Å². The molecule has 0 aliphatic carbocycles. The monoisotopic (exact) mass is 394 g/mol. The van der Waals surface area contributed by atoms with Gasteiger partial charge < -0.3 is 4.90 Å². The van der Waals surface area contributed by atoms with Crippen molar-refractivity contribution in [2.24, 2.45) is 0 Å². The van der Waals surface area contributed by atoms with Gasteiger partial charge in [0.05, 0.1) is 0 Å². The van der Waals surface area contributed by atoms with Gasteiger partial charge in [0.25, 0.3) is 0 Å². The fourth-order valence-electron chi connectivity index (χ4n) is 3.30. The SMILES string of the molecule is O=S(=O)(NCCCc1ccc(N2CCCCC2)cc1)c1ccc(F)cc1F. The summed E-state index contributed by atoms with van der Waals surface area (Å²) < 4.78 is 53.2. The zero-order valence-corrected chi connectivity index (χ0v) is 15.9. The van der Waals surface area contributed by atoms with E-state index in [0.29, 0.717) is 18.9 Å². The second kappa shape index (κ2) is 8.80. The molecule has 0 amide bonds. The number of rotatable bonds is 7. The second-order valence-electron chi connectivity index (χ2n) is 6.79. The Morgan fingerprint density at radius 1 is 0.963 bits per heavy atom. The number of anilines is 1. The molecule has 1 fully saturated rings. The highest BCUT2D eigenvalue weighted by atomic mass is 32.2. The van der Waals surface area contributed by atoms with Crippen LogP contribution in [0.1, 0.15) is 31.2 Å². The van der Waals surface area contributed by atoms with E-state index in [-0.39, 0.29) is 6.54 Å². The Bertz CT molecular complexity index is 864. The van der Waals surface area contributed by atoms with E-state index >= 15 is 0 Å². The molecule has 2 aromatic rings. The Hall–Kier alpha value is -1.99. The Balaban J connectivity index is 1.49. The van der Waals surface area contributed by atoms with Crippen LogP contribution in [0.4, 0.5) is 14.5 Å². The summed E-state index contributed by atoms with van der Waals surface area (Å²) in [6, 6.07) is 10.8. The van der Waals surface area contributed by atoms with Crippen LogP contribution in [0.3, 0.4) is 0 Å². The molecule has 27 heavy (non-hydrogen) atoms.